The maximum absolute atomic E-state index is 6.08. The minimum absolute atomic E-state index is 0.367. The molecule has 0 radical (unpaired) electrons. The molecule has 0 spiro atoms. The van der Waals surface area contributed by atoms with Gasteiger partial charge in [0.1, 0.15) is 0 Å². The molecule has 1 aliphatic carbocycles. The molecule has 3 unspecified atom stereocenters. The molecule has 1 saturated carbocycles. The van der Waals surface area contributed by atoms with Crippen LogP contribution in [0.25, 0.3) is 0 Å². The number of alkyl halides is 1. The fourth-order valence-corrected chi connectivity index (χ4v) is 3.78. The van der Waals surface area contributed by atoms with E-state index in [1.54, 1.807) is 0 Å². The largest absolute Gasteiger partial charge is 0.374 e. The van der Waals surface area contributed by atoms with Gasteiger partial charge in [0.25, 0.3) is 0 Å². The smallest absolute Gasteiger partial charge is 0.0826 e. The molecule has 1 N–H and O–H groups in total. The van der Waals surface area contributed by atoms with Crippen LogP contribution >= 0.6 is 11.6 Å². The van der Waals surface area contributed by atoms with Gasteiger partial charge in [0.05, 0.1) is 12.7 Å². The highest BCUT2D eigenvalue weighted by molar-refractivity contribution is 6.18. The maximum Gasteiger partial charge on any atom is 0.0826 e. The Morgan fingerprint density at radius 2 is 2.00 bits per heavy atom. The molecule has 1 saturated heterocycles. The Balaban J connectivity index is 1.65. The number of ether oxygens (including phenoxy) is 1. The normalized spacial score (nSPS) is 33.5. The monoisotopic (exact) mass is 288 g/mol. The molecule has 4 heteroatoms. The molecule has 0 aromatic carbocycles. The van der Waals surface area contributed by atoms with E-state index >= 15 is 0 Å². The van der Waals surface area contributed by atoms with Gasteiger partial charge in [0, 0.05) is 25.5 Å². The second-order valence-electron chi connectivity index (χ2n) is 6.00. The second-order valence-corrected chi connectivity index (χ2v) is 6.31. The lowest BCUT2D eigenvalue weighted by molar-refractivity contribution is -0.0258. The third-order valence-corrected chi connectivity index (χ3v) is 5.11. The van der Waals surface area contributed by atoms with E-state index in [1.807, 2.05) is 0 Å². The average Bonchev–Trinajstić information content (AvgIpc) is 2.48. The summed E-state index contributed by atoms with van der Waals surface area (Å²) >= 11 is 6.08. The average molecular weight is 289 g/mol. The van der Waals surface area contributed by atoms with Gasteiger partial charge >= 0.3 is 0 Å². The van der Waals surface area contributed by atoms with Gasteiger partial charge in [-0.1, -0.05) is 19.8 Å². The van der Waals surface area contributed by atoms with Crippen LogP contribution in [0.2, 0.25) is 0 Å². The molecule has 112 valence electrons. The van der Waals surface area contributed by atoms with Gasteiger partial charge in [-0.15, -0.1) is 11.6 Å². The van der Waals surface area contributed by atoms with Crippen LogP contribution in [0, 0.1) is 11.8 Å². The fraction of sp³-hybridized carbons (Fsp3) is 1.00. The zero-order valence-electron chi connectivity index (χ0n) is 12.2. The molecular weight excluding hydrogens is 260 g/mol. The number of hydrogen-bond donors (Lipinski definition) is 1. The molecule has 3 atom stereocenters. The Morgan fingerprint density at radius 1 is 1.21 bits per heavy atom. The van der Waals surface area contributed by atoms with Crippen molar-refractivity contribution < 1.29 is 4.74 Å². The Bertz CT molecular complexity index is 252. The Labute approximate surface area is 123 Å². The van der Waals surface area contributed by atoms with Crippen molar-refractivity contribution in [1.29, 1.82) is 0 Å². The summed E-state index contributed by atoms with van der Waals surface area (Å²) in [5.74, 6) is 2.33. The molecular formula is C15H29ClN2O. The van der Waals surface area contributed by atoms with Crippen LogP contribution in [0.1, 0.15) is 32.6 Å². The van der Waals surface area contributed by atoms with Crippen LogP contribution in [0.5, 0.6) is 0 Å². The second kappa shape index (κ2) is 8.46. The summed E-state index contributed by atoms with van der Waals surface area (Å²) in [5.41, 5.74) is 0. The number of halogens is 1. The minimum Gasteiger partial charge on any atom is -0.374 e. The summed E-state index contributed by atoms with van der Waals surface area (Å²) in [6, 6.07) is 0. The van der Waals surface area contributed by atoms with Crippen molar-refractivity contribution in [2.75, 3.05) is 45.2 Å². The van der Waals surface area contributed by atoms with E-state index in [2.05, 4.69) is 17.1 Å². The van der Waals surface area contributed by atoms with Crippen LogP contribution in [0.15, 0.2) is 0 Å². The number of rotatable bonds is 6. The predicted molar refractivity (Wildman–Crippen MR) is 80.9 cm³/mol. The van der Waals surface area contributed by atoms with E-state index in [9.17, 15) is 0 Å². The first-order valence-electron chi connectivity index (χ1n) is 7.94. The number of likely N-dealkylation sites (N-methyl/N-ethyl adjacent to an activating group) is 1. The Morgan fingerprint density at radius 3 is 2.74 bits per heavy atom. The summed E-state index contributed by atoms with van der Waals surface area (Å²) in [6.07, 6.45) is 5.77. The quantitative estimate of drug-likeness (QED) is 0.760. The zero-order valence-corrected chi connectivity index (χ0v) is 13.0. The van der Waals surface area contributed by atoms with Gasteiger partial charge in [-0.2, -0.15) is 0 Å². The molecule has 2 rings (SSSR count). The van der Waals surface area contributed by atoms with Crippen molar-refractivity contribution in [3.8, 4) is 0 Å². The molecule has 1 aliphatic heterocycles. The van der Waals surface area contributed by atoms with E-state index in [-0.39, 0.29) is 0 Å². The van der Waals surface area contributed by atoms with E-state index in [0.717, 1.165) is 57.0 Å². The lowest BCUT2D eigenvalue weighted by Gasteiger charge is -2.34. The molecule has 0 aromatic rings. The summed E-state index contributed by atoms with van der Waals surface area (Å²) in [5, 5.41) is 3.62. The molecule has 3 nitrogen and oxygen atoms in total. The van der Waals surface area contributed by atoms with E-state index < -0.39 is 0 Å². The summed E-state index contributed by atoms with van der Waals surface area (Å²) in [4.78, 5) is 2.47. The highest BCUT2D eigenvalue weighted by Crippen LogP contribution is 2.30. The number of morpholine rings is 1. The number of hydrogen-bond acceptors (Lipinski definition) is 3. The third kappa shape index (κ3) is 4.89. The predicted octanol–water partition coefficient (Wildman–Crippen LogP) is 2.34. The standard InChI is InChI=1S/C15H29ClN2O/c1-2-18-7-8-19-15(12-18)11-17-10-14-6-4-3-5-13(14)9-16/h13-15,17H,2-12H2,1H3. The number of nitrogens with zero attached hydrogens (tertiary/aromatic N) is 1. The first kappa shape index (κ1) is 15.6. The lowest BCUT2D eigenvalue weighted by Crippen LogP contribution is -2.47. The van der Waals surface area contributed by atoms with E-state index in [1.165, 1.54) is 25.7 Å². The first-order valence-corrected chi connectivity index (χ1v) is 8.47. The summed E-state index contributed by atoms with van der Waals surface area (Å²) in [6.45, 7) is 8.51. The maximum atomic E-state index is 6.08. The molecule has 2 aliphatic rings. The fourth-order valence-electron chi connectivity index (χ4n) is 3.38. The van der Waals surface area contributed by atoms with E-state index in [0.29, 0.717) is 6.10 Å². The van der Waals surface area contributed by atoms with Crippen LogP contribution < -0.4 is 5.32 Å². The van der Waals surface area contributed by atoms with Crippen molar-refractivity contribution >= 4 is 11.6 Å². The van der Waals surface area contributed by atoms with Crippen LogP contribution in [-0.2, 0) is 4.74 Å². The topological polar surface area (TPSA) is 24.5 Å². The van der Waals surface area contributed by atoms with Crippen molar-refractivity contribution in [2.24, 2.45) is 11.8 Å². The Kier molecular flexibility index (Phi) is 6.92. The highest BCUT2D eigenvalue weighted by atomic mass is 35.5. The van der Waals surface area contributed by atoms with Gasteiger partial charge in [-0.05, 0) is 37.8 Å². The summed E-state index contributed by atoms with van der Waals surface area (Å²) in [7, 11) is 0. The van der Waals surface area contributed by atoms with Crippen molar-refractivity contribution in [2.45, 2.75) is 38.7 Å². The minimum atomic E-state index is 0.367. The van der Waals surface area contributed by atoms with Gasteiger partial charge in [0.2, 0.25) is 0 Å². The third-order valence-electron chi connectivity index (χ3n) is 4.71. The van der Waals surface area contributed by atoms with Crippen molar-refractivity contribution in [3.05, 3.63) is 0 Å². The highest BCUT2D eigenvalue weighted by Gasteiger charge is 2.25. The molecule has 19 heavy (non-hydrogen) atoms. The van der Waals surface area contributed by atoms with Gasteiger partial charge in [0.15, 0.2) is 0 Å². The molecule has 0 aromatic heterocycles. The van der Waals surface area contributed by atoms with Gasteiger partial charge in [-0.25, -0.2) is 0 Å². The van der Waals surface area contributed by atoms with Crippen LogP contribution in [0.3, 0.4) is 0 Å². The lowest BCUT2D eigenvalue weighted by atomic mass is 9.80. The molecule has 1 heterocycles. The molecule has 0 amide bonds. The number of nitrogens with one attached hydrogen (secondary N) is 1. The van der Waals surface area contributed by atoms with E-state index in [4.69, 9.17) is 16.3 Å². The van der Waals surface area contributed by atoms with Crippen molar-refractivity contribution in [3.63, 3.8) is 0 Å². The summed E-state index contributed by atoms with van der Waals surface area (Å²) < 4.78 is 5.82. The SMILES string of the molecule is CCN1CCOC(CNCC2CCCCC2CCl)C1. The van der Waals surface area contributed by atoms with Gasteiger partial charge in [-0.3, -0.25) is 4.90 Å². The van der Waals surface area contributed by atoms with Crippen LogP contribution in [0.4, 0.5) is 0 Å². The molecule has 0 bridgehead atoms. The first-order chi connectivity index (χ1) is 9.33. The van der Waals surface area contributed by atoms with Crippen molar-refractivity contribution in [1.82, 2.24) is 10.2 Å². The van der Waals surface area contributed by atoms with Crippen LogP contribution in [-0.4, -0.2) is 56.2 Å². The molecule has 2 fully saturated rings. The van der Waals surface area contributed by atoms with Gasteiger partial charge < -0.3 is 10.1 Å². The zero-order chi connectivity index (χ0) is 13.5. The Hall–Kier alpha value is 0.170.